The van der Waals surface area contributed by atoms with Gasteiger partial charge in [0.05, 0.1) is 0 Å². The van der Waals surface area contributed by atoms with Gasteiger partial charge in [0.15, 0.2) is 0 Å². The van der Waals surface area contributed by atoms with E-state index in [0.29, 0.717) is 0 Å². The van der Waals surface area contributed by atoms with E-state index in [-0.39, 0.29) is 25.2 Å². The molecule has 12 aromatic carbocycles. The van der Waals surface area contributed by atoms with Gasteiger partial charge < -0.3 is 5.71 Å². The normalized spacial score (nSPS) is 10.4. The Hall–Kier alpha value is -7.02. The Balaban J connectivity index is 0.000000228. The number of hydrogen-bond acceptors (Lipinski definition) is 0. The first-order chi connectivity index (χ1) is 37.8. The van der Waals surface area contributed by atoms with Gasteiger partial charge in [-0.05, 0) is 95.3 Å². The van der Waals surface area contributed by atoms with Crippen LogP contribution in [0.15, 0.2) is 364 Å². The van der Waals surface area contributed by atoms with Gasteiger partial charge in [0.1, 0.15) is 0 Å². The van der Waals surface area contributed by atoms with Crippen LogP contribution in [-0.4, -0.2) is 0 Å². The summed E-state index contributed by atoms with van der Waals surface area (Å²) in [7, 11) is -1.78. The van der Waals surface area contributed by atoms with Crippen LogP contribution in [0.4, 0.5) is 0 Å². The van der Waals surface area contributed by atoms with Crippen molar-refractivity contribution in [2.75, 3.05) is 0 Å². The molecular formula is C72H64P4Ru. The summed E-state index contributed by atoms with van der Waals surface area (Å²) in [6, 6.07) is 129. The number of benzene rings is 12. The maximum Gasteiger partial charge on any atom is 4.00 e. The van der Waals surface area contributed by atoms with Crippen molar-refractivity contribution in [3.63, 3.8) is 0 Å². The second-order valence-electron chi connectivity index (χ2n) is 17.4. The fourth-order valence-electron chi connectivity index (χ4n) is 8.71. The van der Waals surface area contributed by atoms with E-state index >= 15 is 0 Å². The molecule has 0 bridgehead atoms. The molecule has 77 heavy (non-hydrogen) atoms. The molecule has 0 radical (unpaired) electrons. The molecule has 5 heteroatoms. The topological polar surface area (TPSA) is 0 Å². The van der Waals surface area contributed by atoms with Gasteiger partial charge in [0, 0.05) is 0 Å². The van der Waals surface area contributed by atoms with Gasteiger partial charge in [-0.25, -0.2) is 0 Å². The monoisotopic (exact) mass is 1150 g/mol. The average molecular weight is 1150 g/mol. The molecule has 0 spiro atoms. The quantitative estimate of drug-likeness (QED) is 0.0845. The Morgan fingerprint density at radius 3 is 0.247 bits per heavy atom. The molecule has 0 aliphatic heterocycles. The average Bonchev–Trinajstić information content (AvgIpc) is 3.52. The maximum atomic E-state index is 2.23. The molecule has 12 rings (SSSR count). The van der Waals surface area contributed by atoms with Crippen molar-refractivity contribution in [3.8, 4) is 0 Å². The molecule has 380 valence electrons. The van der Waals surface area contributed by atoms with E-state index in [4.69, 9.17) is 0 Å². The smallest absolute Gasteiger partial charge is 1.00 e. The molecule has 0 aromatic heterocycles. The van der Waals surface area contributed by atoms with Crippen molar-refractivity contribution < 1.29 is 25.2 Å². The minimum absolute atomic E-state index is 0. The van der Waals surface area contributed by atoms with Gasteiger partial charge in [-0.3, -0.25) is 0 Å². The van der Waals surface area contributed by atoms with Crippen LogP contribution in [-0.2, 0) is 19.5 Å². The summed E-state index contributed by atoms with van der Waals surface area (Å²) in [4.78, 5) is 0. The summed E-state index contributed by atoms with van der Waals surface area (Å²) in [5, 5.41) is 16.8. The Morgan fingerprint density at radius 2 is 0.182 bits per heavy atom. The van der Waals surface area contributed by atoms with Crippen molar-refractivity contribution in [1.82, 2.24) is 0 Å². The van der Waals surface area contributed by atoms with Gasteiger partial charge >= 0.3 is 19.5 Å². The summed E-state index contributed by atoms with van der Waals surface area (Å²) >= 11 is 0. The van der Waals surface area contributed by atoms with Crippen LogP contribution in [0.3, 0.4) is 0 Å². The molecule has 0 N–H and O–H groups in total. The zero-order valence-electron chi connectivity index (χ0n) is 46.8. The third-order valence-electron chi connectivity index (χ3n) is 12.2. The second kappa shape index (κ2) is 31.3. The Labute approximate surface area is 481 Å². The van der Waals surface area contributed by atoms with Crippen molar-refractivity contribution in [3.05, 3.63) is 364 Å². The largest absolute Gasteiger partial charge is 4.00 e. The molecular weight excluding hydrogens is 1090 g/mol. The van der Waals surface area contributed by atoms with E-state index in [2.05, 4.69) is 364 Å². The summed E-state index contributed by atoms with van der Waals surface area (Å²) in [5.41, 5.74) is 0. The van der Waals surface area contributed by atoms with Crippen LogP contribution in [0.25, 0.3) is 0 Å². The first-order valence-electron chi connectivity index (χ1n) is 25.6. The van der Waals surface area contributed by atoms with Gasteiger partial charge in [0.25, 0.3) is 0 Å². The van der Waals surface area contributed by atoms with Gasteiger partial charge in [0.2, 0.25) is 0 Å². The summed E-state index contributed by atoms with van der Waals surface area (Å²) < 4.78 is 0. The molecule has 0 fully saturated rings. The van der Waals surface area contributed by atoms with Crippen molar-refractivity contribution in [1.29, 1.82) is 0 Å². The Kier molecular flexibility index (Phi) is 22.8. The molecule has 0 saturated heterocycles. The third-order valence-corrected chi connectivity index (χ3v) is 21.9. The molecule has 0 aliphatic rings. The third kappa shape index (κ3) is 16.5. The van der Waals surface area contributed by atoms with Crippen molar-refractivity contribution in [2.45, 2.75) is 0 Å². The Morgan fingerprint density at radius 1 is 0.117 bits per heavy atom. The predicted molar refractivity (Wildman–Crippen MR) is 345 cm³/mol. The standard InChI is InChI=1S/4C18H15P.Ru.4H/c4*1-4-10-16(11-5-1)19(17-12-6-2-7-13-17)18-14-8-3-9-15-18;;;;;/h4*1-15H;;;;;/q;;;;+4;4*-1. The van der Waals surface area contributed by atoms with Crippen molar-refractivity contribution >= 4 is 95.3 Å². The van der Waals surface area contributed by atoms with Crippen LogP contribution in [0.5, 0.6) is 0 Å². The molecule has 12 aromatic rings. The van der Waals surface area contributed by atoms with Crippen LogP contribution < -0.4 is 63.7 Å². The van der Waals surface area contributed by atoms with Crippen LogP contribution in [0.1, 0.15) is 5.71 Å². The molecule has 0 saturated carbocycles. The number of hydrogen-bond donors (Lipinski definition) is 0. The van der Waals surface area contributed by atoms with Gasteiger partial charge in [-0.15, -0.1) is 0 Å². The Bertz CT molecular complexity index is 2600. The second-order valence-corrected chi connectivity index (χ2v) is 26.2. The van der Waals surface area contributed by atoms with E-state index in [9.17, 15) is 0 Å². The summed E-state index contributed by atoms with van der Waals surface area (Å²) in [5.74, 6) is 0. The first kappa shape index (κ1) is 56.2. The van der Waals surface area contributed by atoms with Gasteiger partial charge in [-0.1, -0.05) is 364 Å². The zero-order valence-corrected chi connectivity index (χ0v) is 48.1. The SMILES string of the molecule is [H-].[H-].[H-].[H-].[Ru+4].c1ccc(P(c2ccccc2)c2ccccc2)cc1.c1ccc(P(c2ccccc2)c2ccccc2)cc1.c1ccc(P(c2ccccc2)c2ccccc2)cc1.c1ccc(P(c2ccccc2)c2ccccc2)cc1. The number of rotatable bonds is 12. The molecule has 0 heterocycles. The van der Waals surface area contributed by atoms with E-state index in [1.165, 1.54) is 63.7 Å². The van der Waals surface area contributed by atoms with Crippen LogP contribution >= 0.6 is 31.7 Å². The van der Waals surface area contributed by atoms with E-state index < -0.39 is 31.7 Å². The molecule has 0 amide bonds. The minimum atomic E-state index is -0.446. The van der Waals surface area contributed by atoms with Crippen molar-refractivity contribution in [2.24, 2.45) is 0 Å². The predicted octanol–water partition coefficient (Wildman–Crippen LogP) is 14.2. The van der Waals surface area contributed by atoms with E-state index in [1.54, 1.807) is 0 Å². The van der Waals surface area contributed by atoms with Crippen LogP contribution in [0.2, 0.25) is 0 Å². The van der Waals surface area contributed by atoms with Crippen LogP contribution in [0, 0.1) is 0 Å². The molecule has 0 nitrogen and oxygen atoms in total. The molecule has 0 atom stereocenters. The fraction of sp³-hybridized carbons (Fsp3) is 0. The zero-order chi connectivity index (χ0) is 51.7. The summed E-state index contributed by atoms with van der Waals surface area (Å²) in [6.07, 6.45) is 0. The molecule has 0 aliphatic carbocycles. The first-order valence-corrected chi connectivity index (χ1v) is 31.0. The maximum absolute atomic E-state index is 2.23. The fourth-order valence-corrected chi connectivity index (χ4v) is 17.9. The van der Waals surface area contributed by atoms with E-state index in [0.717, 1.165) is 0 Å². The van der Waals surface area contributed by atoms with E-state index in [1.807, 2.05) is 0 Å². The summed E-state index contributed by atoms with van der Waals surface area (Å²) in [6.45, 7) is 0. The van der Waals surface area contributed by atoms with Gasteiger partial charge in [-0.2, -0.15) is 0 Å². The minimum Gasteiger partial charge on any atom is -1.00 e. The molecule has 0 unspecified atom stereocenters.